The first-order valence-electron chi connectivity index (χ1n) is 6.20. The van der Waals surface area contributed by atoms with Crippen molar-refractivity contribution in [1.29, 1.82) is 0 Å². The van der Waals surface area contributed by atoms with Gasteiger partial charge in [0.1, 0.15) is 0 Å². The monoisotopic (exact) mass is 248 g/mol. The lowest BCUT2D eigenvalue weighted by Crippen LogP contribution is -2.50. The van der Waals surface area contributed by atoms with Gasteiger partial charge in [0, 0.05) is 12.0 Å². The zero-order chi connectivity index (χ0) is 11.3. The molecule has 1 aliphatic rings. The van der Waals surface area contributed by atoms with Gasteiger partial charge in [-0.25, -0.2) is 0 Å². The van der Waals surface area contributed by atoms with Crippen molar-refractivity contribution in [3.63, 3.8) is 0 Å². The van der Waals surface area contributed by atoms with Gasteiger partial charge in [-0.3, -0.25) is 4.79 Å². The molecule has 1 amide bonds. The summed E-state index contributed by atoms with van der Waals surface area (Å²) in [6.45, 7) is 8.34. The lowest BCUT2D eigenvalue weighted by molar-refractivity contribution is -0.127. The van der Waals surface area contributed by atoms with Gasteiger partial charge >= 0.3 is 0 Å². The highest BCUT2D eigenvalue weighted by Gasteiger charge is 2.29. The molecular weight excluding hydrogens is 224 g/mol. The summed E-state index contributed by atoms with van der Waals surface area (Å²) < 4.78 is 0. The fourth-order valence-electron chi connectivity index (χ4n) is 1.94. The molecule has 1 fully saturated rings. The lowest BCUT2D eigenvalue weighted by Gasteiger charge is -2.32. The quantitative estimate of drug-likeness (QED) is 0.755. The highest BCUT2D eigenvalue weighted by Crippen LogP contribution is 2.16. The Morgan fingerprint density at radius 1 is 1.44 bits per heavy atom. The fraction of sp³-hybridized carbons (Fsp3) is 0.917. The SMILES string of the molecule is CCCC(CC)NC(=O)C(C)C1CNC1.Cl. The van der Waals surface area contributed by atoms with Crippen LogP contribution in [0, 0.1) is 11.8 Å². The number of carbonyl (C=O) groups excluding carboxylic acids is 1. The smallest absolute Gasteiger partial charge is 0.223 e. The van der Waals surface area contributed by atoms with Crippen molar-refractivity contribution in [2.24, 2.45) is 11.8 Å². The number of carbonyl (C=O) groups is 1. The van der Waals surface area contributed by atoms with E-state index in [-0.39, 0.29) is 24.2 Å². The molecule has 0 aromatic carbocycles. The molecule has 2 atom stereocenters. The van der Waals surface area contributed by atoms with Gasteiger partial charge < -0.3 is 10.6 Å². The summed E-state index contributed by atoms with van der Waals surface area (Å²) in [5, 5.41) is 6.36. The van der Waals surface area contributed by atoms with E-state index in [9.17, 15) is 4.79 Å². The van der Waals surface area contributed by atoms with Crippen molar-refractivity contribution in [3.8, 4) is 0 Å². The molecule has 0 aliphatic carbocycles. The molecule has 1 rings (SSSR count). The maximum absolute atomic E-state index is 11.9. The van der Waals surface area contributed by atoms with Gasteiger partial charge in [0.2, 0.25) is 5.91 Å². The average molecular weight is 249 g/mol. The van der Waals surface area contributed by atoms with E-state index in [0.29, 0.717) is 12.0 Å². The van der Waals surface area contributed by atoms with Crippen LogP contribution in [0.5, 0.6) is 0 Å². The first kappa shape index (κ1) is 15.7. The standard InChI is InChI=1S/C12H24N2O.ClH/c1-4-6-11(5-2)14-12(15)9(3)10-7-13-8-10;/h9-11,13H,4-8H2,1-3H3,(H,14,15);1H. The summed E-state index contributed by atoms with van der Waals surface area (Å²) in [7, 11) is 0. The molecular formula is C12H25ClN2O. The third-order valence-electron chi connectivity index (χ3n) is 3.41. The van der Waals surface area contributed by atoms with Gasteiger partial charge in [-0.05, 0) is 31.8 Å². The summed E-state index contributed by atoms with van der Waals surface area (Å²) in [4.78, 5) is 11.9. The maximum atomic E-state index is 11.9. The van der Waals surface area contributed by atoms with Crippen LogP contribution in [0.25, 0.3) is 0 Å². The van der Waals surface area contributed by atoms with Crippen molar-refractivity contribution in [3.05, 3.63) is 0 Å². The Kier molecular flexibility index (Phi) is 7.77. The minimum atomic E-state index is 0. The van der Waals surface area contributed by atoms with Gasteiger partial charge in [-0.15, -0.1) is 12.4 Å². The highest BCUT2D eigenvalue weighted by atomic mass is 35.5. The van der Waals surface area contributed by atoms with Crippen LogP contribution < -0.4 is 10.6 Å². The number of nitrogens with one attached hydrogen (secondary N) is 2. The second-order valence-corrected chi connectivity index (χ2v) is 4.61. The fourth-order valence-corrected chi connectivity index (χ4v) is 1.94. The molecule has 2 unspecified atom stereocenters. The van der Waals surface area contributed by atoms with E-state index in [2.05, 4.69) is 24.5 Å². The molecule has 0 aromatic rings. The van der Waals surface area contributed by atoms with Crippen molar-refractivity contribution in [1.82, 2.24) is 10.6 Å². The Balaban J connectivity index is 0.00000225. The molecule has 0 saturated carbocycles. The summed E-state index contributed by atoms with van der Waals surface area (Å²) in [6, 6.07) is 0.373. The lowest BCUT2D eigenvalue weighted by atomic mass is 9.88. The molecule has 4 heteroatoms. The molecule has 0 radical (unpaired) electrons. The van der Waals surface area contributed by atoms with Crippen molar-refractivity contribution in [2.75, 3.05) is 13.1 Å². The molecule has 96 valence electrons. The molecule has 16 heavy (non-hydrogen) atoms. The largest absolute Gasteiger partial charge is 0.353 e. The molecule has 0 bridgehead atoms. The molecule has 1 aliphatic heterocycles. The van der Waals surface area contributed by atoms with Gasteiger partial charge in [-0.1, -0.05) is 27.2 Å². The predicted molar refractivity (Wildman–Crippen MR) is 69.9 cm³/mol. The molecule has 0 spiro atoms. The zero-order valence-corrected chi connectivity index (χ0v) is 11.4. The Labute approximate surface area is 105 Å². The van der Waals surface area contributed by atoms with E-state index in [1.165, 1.54) is 0 Å². The normalized spacial score (nSPS) is 19.2. The number of amides is 1. The van der Waals surface area contributed by atoms with E-state index in [4.69, 9.17) is 0 Å². The van der Waals surface area contributed by atoms with Crippen LogP contribution in [0.2, 0.25) is 0 Å². The number of rotatable bonds is 6. The second kappa shape index (κ2) is 7.91. The van der Waals surface area contributed by atoms with Crippen molar-refractivity contribution in [2.45, 2.75) is 46.1 Å². The number of halogens is 1. The second-order valence-electron chi connectivity index (χ2n) is 4.61. The van der Waals surface area contributed by atoms with Crippen LogP contribution in [0.1, 0.15) is 40.0 Å². The summed E-state index contributed by atoms with van der Waals surface area (Å²) in [6.07, 6.45) is 3.27. The third-order valence-corrected chi connectivity index (χ3v) is 3.41. The molecule has 2 N–H and O–H groups in total. The predicted octanol–water partition coefficient (Wildman–Crippen LogP) is 1.96. The minimum absolute atomic E-state index is 0. The Hall–Kier alpha value is -0.280. The average Bonchev–Trinajstić information content (AvgIpc) is 2.14. The summed E-state index contributed by atoms with van der Waals surface area (Å²) in [5.74, 6) is 0.947. The summed E-state index contributed by atoms with van der Waals surface area (Å²) in [5.41, 5.74) is 0. The van der Waals surface area contributed by atoms with Crippen LogP contribution >= 0.6 is 12.4 Å². The highest BCUT2D eigenvalue weighted by molar-refractivity contribution is 5.85. The van der Waals surface area contributed by atoms with Gasteiger partial charge in [0.25, 0.3) is 0 Å². The zero-order valence-electron chi connectivity index (χ0n) is 10.6. The maximum Gasteiger partial charge on any atom is 0.223 e. The van der Waals surface area contributed by atoms with E-state index in [1.54, 1.807) is 0 Å². The Bertz CT molecular complexity index is 207. The molecule has 1 heterocycles. The van der Waals surface area contributed by atoms with Gasteiger partial charge in [-0.2, -0.15) is 0 Å². The van der Waals surface area contributed by atoms with E-state index in [1.807, 2.05) is 6.92 Å². The van der Waals surface area contributed by atoms with Gasteiger partial charge in [0.15, 0.2) is 0 Å². The topological polar surface area (TPSA) is 41.1 Å². The molecule has 0 aromatic heterocycles. The Morgan fingerprint density at radius 2 is 2.06 bits per heavy atom. The van der Waals surface area contributed by atoms with Crippen LogP contribution in [0.4, 0.5) is 0 Å². The van der Waals surface area contributed by atoms with E-state index < -0.39 is 0 Å². The van der Waals surface area contributed by atoms with E-state index >= 15 is 0 Å². The number of hydrogen-bond acceptors (Lipinski definition) is 2. The van der Waals surface area contributed by atoms with E-state index in [0.717, 1.165) is 32.4 Å². The van der Waals surface area contributed by atoms with Gasteiger partial charge in [0.05, 0.1) is 0 Å². The minimum Gasteiger partial charge on any atom is -0.353 e. The summed E-state index contributed by atoms with van der Waals surface area (Å²) >= 11 is 0. The van der Waals surface area contributed by atoms with Crippen LogP contribution in [0.15, 0.2) is 0 Å². The molecule has 1 saturated heterocycles. The molecule has 3 nitrogen and oxygen atoms in total. The van der Waals surface area contributed by atoms with Crippen LogP contribution in [0.3, 0.4) is 0 Å². The van der Waals surface area contributed by atoms with Crippen LogP contribution in [-0.2, 0) is 4.79 Å². The van der Waals surface area contributed by atoms with Crippen molar-refractivity contribution < 1.29 is 4.79 Å². The van der Waals surface area contributed by atoms with Crippen molar-refractivity contribution >= 4 is 18.3 Å². The third kappa shape index (κ3) is 4.30. The van der Waals surface area contributed by atoms with Crippen LogP contribution in [-0.4, -0.2) is 25.0 Å². The number of hydrogen-bond donors (Lipinski definition) is 2. The first-order chi connectivity index (χ1) is 7.19. The first-order valence-corrected chi connectivity index (χ1v) is 6.20. The Morgan fingerprint density at radius 3 is 2.44 bits per heavy atom.